The Hall–Kier alpha value is -2.96. The Kier molecular flexibility index (Phi) is 10.4. The number of aromatic nitrogens is 1. The molecule has 3 aromatic carbocycles. The Labute approximate surface area is 253 Å². The van der Waals surface area contributed by atoms with Crippen molar-refractivity contribution in [1.82, 2.24) is 4.98 Å². The third-order valence-electron chi connectivity index (χ3n) is 6.17. The highest BCUT2D eigenvalue weighted by atomic mass is 79.9. The van der Waals surface area contributed by atoms with Crippen molar-refractivity contribution >= 4 is 65.4 Å². The number of aryl methyl sites for hydroxylation is 2. The lowest BCUT2D eigenvalue weighted by Crippen LogP contribution is -2.24. The van der Waals surface area contributed by atoms with Crippen molar-refractivity contribution in [3.63, 3.8) is 0 Å². The summed E-state index contributed by atoms with van der Waals surface area (Å²) in [5.74, 6) is 1.01. The third kappa shape index (κ3) is 7.87. The van der Waals surface area contributed by atoms with E-state index in [0.717, 1.165) is 47.8 Å². The number of nitrogens with zero attached hydrogens (tertiary/aromatic N) is 2. The summed E-state index contributed by atoms with van der Waals surface area (Å²) in [5, 5.41) is 0.904. The van der Waals surface area contributed by atoms with Crippen LogP contribution >= 0.6 is 27.3 Å². The Balaban J connectivity index is 1.45. The summed E-state index contributed by atoms with van der Waals surface area (Å²) >= 11 is 5.16. The molecule has 0 fully saturated rings. The lowest BCUT2D eigenvalue weighted by atomic mass is 10.1. The summed E-state index contributed by atoms with van der Waals surface area (Å²) < 4.78 is 48.4. The van der Waals surface area contributed by atoms with E-state index >= 15 is 0 Å². The largest absolute Gasteiger partial charge is 0.490 e. The Bertz CT molecular complexity index is 1650. The van der Waals surface area contributed by atoms with Crippen LogP contribution in [0.15, 0.2) is 57.9 Å². The van der Waals surface area contributed by atoms with E-state index < -0.39 is 10.1 Å². The quantitative estimate of drug-likeness (QED) is 0.111. The van der Waals surface area contributed by atoms with E-state index in [2.05, 4.69) is 39.9 Å². The maximum Gasteiger partial charge on any atom is 0.300 e. The molecule has 1 aromatic heterocycles. The minimum atomic E-state index is -3.88. The number of benzene rings is 3. The molecule has 0 aliphatic carbocycles. The highest BCUT2D eigenvalue weighted by Gasteiger charge is 2.20. The smallest absolute Gasteiger partial charge is 0.300 e. The van der Waals surface area contributed by atoms with Crippen LogP contribution in [0.25, 0.3) is 22.4 Å². The maximum atomic E-state index is 12.5. The Morgan fingerprint density at radius 1 is 1.02 bits per heavy atom. The van der Waals surface area contributed by atoms with Gasteiger partial charge in [-0.15, -0.1) is 11.3 Å². The average Bonchev–Trinajstić information content (AvgIpc) is 3.32. The number of fused-ring (bicyclic) bond motifs is 1. The van der Waals surface area contributed by atoms with E-state index in [4.69, 9.17) is 23.4 Å². The summed E-state index contributed by atoms with van der Waals surface area (Å²) in [6.45, 7) is 6.69. The van der Waals surface area contributed by atoms with Gasteiger partial charge in [-0.25, -0.2) is 4.98 Å². The molecule has 0 atom stereocenters. The highest BCUT2D eigenvalue weighted by molar-refractivity contribution is 9.10. The summed E-state index contributed by atoms with van der Waals surface area (Å²) in [5.41, 5.74) is 5.01. The molecule has 0 bridgehead atoms. The summed E-state index contributed by atoms with van der Waals surface area (Å²) in [6.07, 6.45) is 4.02. The van der Waals surface area contributed by atoms with Gasteiger partial charge in [-0.1, -0.05) is 18.2 Å². The number of halogens is 1. The molecule has 1 heterocycles. The molecule has 0 saturated carbocycles. The topological polar surface area (TPSA) is 87.2 Å². The fraction of sp³-hybridized carbons (Fsp3) is 0.300. The number of ether oxygens (including phenoxy) is 3. The predicted octanol–water partition coefficient (Wildman–Crippen LogP) is 7.07. The van der Waals surface area contributed by atoms with E-state index in [0.29, 0.717) is 18.9 Å². The molecule has 11 heteroatoms. The number of likely N-dealkylation sites (N-methyl/N-ethyl adjacent to an activating group) is 1. The van der Waals surface area contributed by atoms with Crippen LogP contribution in [-0.4, -0.2) is 54.1 Å². The van der Waals surface area contributed by atoms with E-state index in [9.17, 15) is 8.42 Å². The molecule has 0 spiro atoms. The minimum Gasteiger partial charge on any atom is -0.490 e. The number of hydrogen-bond donors (Lipinski definition) is 0. The van der Waals surface area contributed by atoms with Gasteiger partial charge in [-0.2, -0.15) is 8.42 Å². The van der Waals surface area contributed by atoms with Gasteiger partial charge in [-0.3, -0.25) is 4.18 Å². The molecule has 0 amide bonds. The van der Waals surface area contributed by atoms with Crippen LogP contribution < -0.4 is 14.4 Å². The van der Waals surface area contributed by atoms with Gasteiger partial charge in [-0.05, 0) is 95.9 Å². The van der Waals surface area contributed by atoms with E-state index in [1.54, 1.807) is 37.5 Å². The molecule has 4 aromatic rings. The zero-order chi connectivity index (χ0) is 29.6. The summed E-state index contributed by atoms with van der Waals surface area (Å²) in [6, 6.07) is 15.1. The lowest BCUT2D eigenvalue weighted by molar-refractivity contribution is 0.0506. The van der Waals surface area contributed by atoms with Crippen molar-refractivity contribution in [3.05, 3.63) is 74.7 Å². The second kappa shape index (κ2) is 13.8. The van der Waals surface area contributed by atoms with Crippen LogP contribution in [-0.2, 0) is 19.0 Å². The highest BCUT2D eigenvalue weighted by Crippen LogP contribution is 2.32. The molecular weight excluding hydrogens is 628 g/mol. The number of methoxy groups -OCH3 is 1. The fourth-order valence-corrected chi connectivity index (χ4v) is 6.59. The molecule has 41 heavy (non-hydrogen) atoms. The van der Waals surface area contributed by atoms with Crippen LogP contribution in [0.5, 0.6) is 11.5 Å². The van der Waals surface area contributed by atoms with Gasteiger partial charge in [0.2, 0.25) is 0 Å². The maximum absolute atomic E-state index is 12.5. The SMILES string of the molecule is CCOS(=O)(=O)c1ccc(C)cc1OCCN(C)c1cc2sc(C=Cc3ccc(OCOC)c(Br)c3)nc2cc1C. The monoisotopic (exact) mass is 660 g/mol. The standard InChI is InChI=1S/C30H33BrN2O6S2/c1-6-39-41(34,35)29-11-7-20(2)15-27(29)37-14-13-33(4)25-18-28-24(16-21(25)3)32-30(40-28)12-9-22-8-10-26(23(31)17-22)38-19-36-5/h7-12,15-18H,6,13-14,19H2,1-5H3. The van der Waals surface area contributed by atoms with Crippen LogP contribution in [0.4, 0.5) is 5.69 Å². The van der Waals surface area contributed by atoms with E-state index in [-0.39, 0.29) is 18.3 Å². The summed E-state index contributed by atoms with van der Waals surface area (Å²) in [4.78, 5) is 6.93. The van der Waals surface area contributed by atoms with Crippen molar-refractivity contribution in [2.45, 2.75) is 25.7 Å². The van der Waals surface area contributed by atoms with Crippen molar-refractivity contribution in [1.29, 1.82) is 0 Å². The second-order valence-electron chi connectivity index (χ2n) is 9.31. The molecule has 4 rings (SSSR count). The number of anilines is 1. The number of thiazole rings is 1. The first-order valence-electron chi connectivity index (χ1n) is 13.0. The van der Waals surface area contributed by atoms with Crippen LogP contribution in [0, 0.1) is 13.8 Å². The predicted molar refractivity (Wildman–Crippen MR) is 169 cm³/mol. The molecular formula is C30H33BrN2O6S2. The first-order chi connectivity index (χ1) is 19.6. The lowest BCUT2D eigenvalue weighted by Gasteiger charge is -2.22. The molecule has 0 saturated heterocycles. The zero-order valence-corrected chi connectivity index (χ0v) is 26.9. The van der Waals surface area contributed by atoms with E-state index in [1.165, 1.54) is 6.07 Å². The molecule has 218 valence electrons. The van der Waals surface area contributed by atoms with Gasteiger partial charge >= 0.3 is 10.1 Å². The van der Waals surface area contributed by atoms with Crippen LogP contribution in [0.1, 0.15) is 28.6 Å². The van der Waals surface area contributed by atoms with E-state index in [1.807, 2.05) is 44.3 Å². The van der Waals surface area contributed by atoms with Gasteiger partial charge in [0.05, 0.1) is 27.8 Å². The van der Waals surface area contributed by atoms with Crippen molar-refractivity contribution in [2.24, 2.45) is 0 Å². The molecule has 0 aliphatic rings. The third-order valence-corrected chi connectivity index (χ3v) is 9.19. The van der Waals surface area contributed by atoms with Crippen LogP contribution in [0.2, 0.25) is 0 Å². The normalized spacial score (nSPS) is 11.9. The molecule has 0 unspecified atom stereocenters. The van der Waals surface area contributed by atoms with Gasteiger partial charge in [0.25, 0.3) is 0 Å². The number of rotatable bonds is 13. The van der Waals surface area contributed by atoms with Crippen molar-refractivity contribution in [2.75, 3.05) is 45.6 Å². The fourth-order valence-electron chi connectivity index (χ4n) is 4.16. The van der Waals surface area contributed by atoms with Crippen LogP contribution in [0.3, 0.4) is 0 Å². The average molecular weight is 662 g/mol. The molecule has 0 radical (unpaired) electrons. The van der Waals surface area contributed by atoms with Crippen molar-refractivity contribution in [3.8, 4) is 11.5 Å². The summed E-state index contributed by atoms with van der Waals surface area (Å²) in [7, 11) is -0.304. The Morgan fingerprint density at radius 2 is 1.83 bits per heavy atom. The minimum absolute atomic E-state index is 0.0400. The van der Waals surface area contributed by atoms with Gasteiger partial charge in [0.15, 0.2) is 6.79 Å². The first-order valence-corrected chi connectivity index (χ1v) is 16.0. The van der Waals surface area contributed by atoms with Crippen molar-refractivity contribution < 1.29 is 26.8 Å². The zero-order valence-electron chi connectivity index (χ0n) is 23.6. The number of hydrogen-bond acceptors (Lipinski definition) is 9. The van der Waals surface area contributed by atoms with Gasteiger partial charge < -0.3 is 19.1 Å². The first kappa shape index (κ1) is 31.0. The Morgan fingerprint density at radius 3 is 2.56 bits per heavy atom. The van der Waals surface area contributed by atoms with Gasteiger partial charge in [0, 0.05) is 19.8 Å². The molecule has 8 nitrogen and oxygen atoms in total. The molecule has 0 aliphatic heterocycles. The molecule has 0 N–H and O–H groups in total. The van der Waals surface area contributed by atoms with Gasteiger partial charge in [0.1, 0.15) is 28.0 Å². The second-order valence-corrected chi connectivity index (χ2v) is 12.8.